The molecular weight excluding hydrogens is 826 g/mol. The number of phenols is 1. The number of benzene rings is 4. The molecule has 3 saturated heterocycles. The minimum Gasteiger partial charge on any atom is -0.508 e. The Bertz CT molecular complexity index is 2470. The van der Waals surface area contributed by atoms with Crippen LogP contribution in [0, 0.1) is 17.8 Å². The Balaban J connectivity index is 1.08. The van der Waals surface area contributed by atoms with Crippen LogP contribution in [-0.4, -0.2) is 84.0 Å². The Morgan fingerprint density at radius 2 is 1.51 bits per heavy atom. The van der Waals surface area contributed by atoms with E-state index in [4.69, 9.17) is 14.1 Å². The summed E-state index contributed by atoms with van der Waals surface area (Å²) in [6.07, 6.45) is 6.39. The van der Waals surface area contributed by atoms with Gasteiger partial charge in [0.2, 0.25) is 11.8 Å². The van der Waals surface area contributed by atoms with E-state index in [1.165, 1.54) is 5.56 Å². The van der Waals surface area contributed by atoms with E-state index in [0.717, 1.165) is 70.8 Å². The third-order valence-electron chi connectivity index (χ3n) is 14.3. The van der Waals surface area contributed by atoms with Crippen molar-refractivity contribution in [2.24, 2.45) is 17.8 Å². The van der Waals surface area contributed by atoms with Gasteiger partial charge in [0.25, 0.3) is 8.32 Å². The number of phenolic OH excluding ortho intramolecular Hbond substituents is 1. The monoisotopic (exact) mass is 885 g/mol. The third-order valence-corrected chi connectivity index (χ3v) is 19.3. The van der Waals surface area contributed by atoms with Crippen LogP contribution < -0.4 is 10.4 Å². The lowest BCUT2D eigenvalue weighted by molar-refractivity contribution is -0.144. The fourth-order valence-corrected chi connectivity index (χ4v) is 15.9. The summed E-state index contributed by atoms with van der Waals surface area (Å²) in [5.41, 5.74) is 5.84. The molecule has 1 aromatic heterocycles. The number of amides is 2. The van der Waals surface area contributed by atoms with E-state index in [0.29, 0.717) is 19.3 Å². The molecule has 4 heterocycles. The number of pyridine rings is 1. The van der Waals surface area contributed by atoms with E-state index in [2.05, 4.69) is 98.5 Å². The van der Waals surface area contributed by atoms with Gasteiger partial charge in [0.15, 0.2) is 0 Å². The molecule has 0 spiro atoms. The van der Waals surface area contributed by atoms with Gasteiger partial charge in [-0.3, -0.25) is 24.4 Å². The third kappa shape index (κ3) is 9.22. The first kappa shape index (κ1) is 44.8. The van der Waals surface area contributed by atoms with Crippen LogP contribution in [0.4, 0.5) is 0 Å². The van der Waals surface area contributed by atoms with Gasteiger partial charge in [0.05, 0.1) is 30.2 Å². The molecule has 334 valence electrons. The maximum absolute atomic E-state index is 15.0. The summed E-state index contributed by atoms with van der Waals surface area (Å²) in [4.78, 5) is 38.6. The van der Waals surface area contributed by atoms with Gasteiger partial charge in [-0.05, 0) is 118 Å². The highest BCUT2D eigenvalue weighted by atomic mass is 28.4. The average Bonchev–Trinajstić information content (AvgIpc) is 3.57. The van der Waals surface area contributed by atoms with Gasteiger partial charge >= 0.3 is 7.12 Å². The molecule has 0 unspecified atom stereocenters. The van der Waals surface area contributed by atoms with E-state index in [9.17, 15) is 19.7 Å². The number of aromatic nitrogens is 1. The molecule has 4 aliphatic rings. The Morgan fingerprint density at radius 3 is 2.14 bits per heavy atom. The second-order valence-corrected chi connectivity index (χ2v) is 23.6. The summed E-state index contributed by atoms with van der Waals surface area (Å²) < 4.78 is 14.2. The lowest BCUT2D eigenvalue weighted by Gasteiger charge is -2.46. The van der Waals surface area contributed by atoms with Gasteiger partial charge in [-0.1, -0.05) is 130 Å². The molecule has 11 heteroatoms. The molecule has 9 rings (SSSR count). The van der Waals surface area contributed by atoms with Gasteiger partial charge < -0.3 is 19.2 Å². The SMILES string of the molecule is CC(C)(C)[Si](OCC1=C2[C@@H](CC/C(=C/c3cccc(O)c3)c3ccccn3)OB(O)C[C@@H]2[C@@H]2C(=O)N(C3CCN(Cc4ccccc4)CC3)C(=O)[C@@H]2C1)(c1ccccc1)c1ccccc1. The predicted octanol–water partition coefficient (Wildman–Crippen LogP) is 8.15. The number of imide groups is 1. The summed E-state index contributed by atoms with van der Waals surface area (Å²) in [5, 5.41) is 24.0. The molecule has 2 amide bonds. The number of fused-ring (bicyclic) bond motifs is 3. The van der Waals surface area contributed by atoms with Crippen molar-refractivity contribution in [3.63, 3.8) is 0 Å². The molecule has 3 aliphatic heterocycles. The number of aromatic hydroxyl groups is 1. The Morgan fingerprint density at radius 1 is 0.846 bits per heavy atom. The van der Waals surface area contributed by atoms with Crippen LogP contribution in [0.25, 0.3) is 11.6 Å². The number of hydrogen-bond acceptors (Lipinski definition) is 8. The molecule has 0 bridgehead atoms. The van der Waals surface area contributed by atoms with Crippen LogP contribution in [0.1, 0.15) is 69.7 Å². The highest BCUT2D eigenvalue weighted by Crippen LogP contribution is 2.52. The van der Waals surface area contributed by atoms with Crippen molar-refractivity contribution >= 4 is 49.3 Å². The molecule has 0 saturated carbocycles. The highest BCUT2D eigenvalue weighted by Gasteiger charge is 2.59. The van der Waals surface area contributed by atoms with Gasteiger partial charge in [0, 0.05) is 31.9 Å². The molecule has 3 fully saturated rings. The molecule has 9 nitrogen and oxygen atoms in total. The Hall–Kier alpha value is -5.43. The van der Waals surface area contributed by atoms with Crippen LogP contribution >= 0.6 is 0 Å². The first-order valence-electron chi connectivity index (χ1n) is 23.3. The van der Waals surface area contributed by atoms with Crippen molar-refractivity contribution in [2.45, 2.75) is 82.9 Å². The van der Waals surface area contributed by atoms with E-state index < -0.39 is 39.3 Å². The summed E-state index contributed by atoms with van der Waals surface area (Å²) in [5.74, 6) is -1.55. The van der Waals surface area contributed by atoms with E-state index in [1.54, 1.807) is 23.2 Å². The molecule has 0 radical (unpaired) electrons. The number of likely N-dealkylation sites (tertiary alicyclic amines) is 2. The zero-order valence-corrected chi connectivity index (χ0v) is 38.8. The van der Waals surface area contributed by atoms with E-state index in [1.807, 2.05) is 54.6 Å². The Labute approximate surface area is 385 Å². The summed E-state index contributed by atoms with van der Waals surface area (Å²) >= 11 is 0. The number of carbonyl (C=O) groups excluding carboxylic acids is 2. The average molecular weight is 886 g/mol. The zero-order chi connectivity index (χ0) is 45.1. The summed E-state index contributed by atoms with van der Waals surface area (Å²) in [6, 6.07) is 44.4. The number of allylic oxidation sites excluding steroid dienone is 1. The lowest BCUT2D eigenvalue weighted by atomic mass is 9.58. The molecule has 5 aromatic rings. The number of rotatable bonds is 13. The molecule has 4 aromatic carbocycles. The van der Waals surface area contributed by atoms with Crippen molar-refractivity contribution in [3.05, 3.63) is 168 Å². The molecular formula is C54H60BN3O6Si. The largest absolute Gasteiger partial charge is 0.508 e. The molecule has 65 heavy (non-hydrogen) atoms. The summed E-state index contributed by atoms with van der Waals surface area (Å²) in [6.45, 7) is 9.51. The molecule has 2 N–H and O–H groups in total. The lowest BCUT2D eigenvalue weighted by Crippen LogP contribution is -2.66. The smallest absolute Gasteiger partial charge is 0.455 e. The second-order valence-electron chi connectivity index (χ2n) is 19.3. The van der Waals surface area contributed by atoms with Crippen molar-refractivity contribution in [1.29, 1.82) is 0 Å². The van der Waals surface area contributed by atoms with Gasteiger partial charge in [-0.25, -0.2) is 0 Å². The maximum atomic E-state index is 15.0. The van der Waals surface area contributed by atoms with Crippen LogP contribution in [0.15, 0.2) is 151 Å². The van der Waals surface area contributed by atoms with E-state index >= 15 is 0 Å². The van der Waals surface area contributed by atoms with Crippen LogP contribution in [0.2, 0.25) is 11.4 Å². The van der Waals surface area contributed by atoms with Crippen molar-refractivity contribution < 1.29 is 28.8 Å². The van der Waals surface area contributed by atoms with Gasteiger partial charge in [-0.2, -0.15) is 0 Å². The fourth-order valence-electron chi connectivity index (χ4n) is 11.3. The van der Waals surface area contributed by atoms with Crippen LogP contribution in [0.3, 0.4) is 0 Å². The number of piperidine rings is 1. The van der Waals surface area contributed by atoms with Crippen molar-refractivity contribution in [3.8, 4) is 5.75 Å². The molecule has 1 aliphatic carbocycles. The van der Waals surface area contributed by atoms with E-state index in [-0.39, 0.29) is 41.6 Å². The Kier molecular flexibility index (Phi) is 13.2. The standard InChI is InChI=1S/C54H60BN3O6Si/c1-54(2,3)65(44-20-9-5-10-21-44,45-22-11-6-12-23-45)63-37-41-34-46-51(53(61)58(52(46)60)42-27-30-57(31-28-42)36-38-16-7-4-8-17-38)47-35-55(62)64-49(50(41)47)26-25-40(48-24-13-14-29-56-48)32-39-18-15-19-43(59)33-39/h4-24,29,32-33,42,46-47,49,51,59,62H,25-28,30-31,34-37H2,1-3H3/b40-32-/t46-,47+,49-,51-/m1/s1. The first-order chi connectivity index (χ1) is 31.5. The number of nitrogens with zero attached hydrogens (tertiary/aromatic N) is 3. The first-order valence-corrected chi connectivity index (χ1v) is 25.3. The zero-order valence-electron chi connectivity index (χ0n) is 37.8. The predicted molar refractivity (Wildman–Crippen MR) is 259 cm³/mol. The highest BCUT2D eigenvalue weighted by molar-refractivity contribution is 6.99. The minimum absolute atomic E-state index is 0.0903. The normalized spacial score (nSPS) is 22.3. The number of carbonyl (C=O) groups is 2. The molecule has 4 atom stereocenters. The second kappa shape index (κ2) is 19.2. The maximum Gasteiger partial charge on any atom is 0.455 e. The van der Waals surface area contributed by atoms with Crippen molar-refractivity contribution in [2.75, 3.05) is 19.7 Å². The summed E-state index contributed by atoms with van der Waals surface area (Å²) in [7, 11) is -4.14. The van der Waals surface area contributed by atoms with Gasteiger partial charge in [-0.15, -0.1) is 0 Å². The van der Waals surface area contributed by atoms with Crippen LogP contribution in [0.5, 0.6) is 5.75 Å². The van der Waals surface area contributed by atoms with Crippen LogP contribution in [-0.2, 0) is 25.2 Å². The topological polar surface area (TPSA) is 112 Å². The quantitative estimate of drug-likeness (QED) is 0.0693. The van der Waals surface area contributed by atoms with Gasteiger partial charge in [0.1, 0.15) is 5.75 Å². The van der Waals surface area contributed by atoms with Crippen molar-refractivity contribution in [1.82, 2.24) is 14.8 Å². The minimum atomic E-state index is -3.02. The number of hydrogen-bond donors (Lipinski definition) is 2. The fraction of sp³-hybridized carbons (Fsp3) is 0.352.